The quantitative estimate of drug-likeness (QED) is 0.653. The molecule has 0 aliphatic rings. The van der Waals surface area contributed by atoms with Gasteiger partial charge in [0.05, 0.1) is 15.4 Å². The highest BCUT2D eigenvalue weighted by Gasteiger charge is 2.33. The number of nitrogens with zero attached hydrogens (tertiary/aromatic N) is 1. The average molecular weight is 345 g/mol. The maximum atomic E-state index is 12.6. The van der Waals surface area contributed by atoms with Crippen molar-refractivity contribution in [1.82, 2.24) is 5.43 Å². The van der Waals surface area contributed by atoms with Crippen molar-refractivity contribution in [2.75, 3.05) is 5.43 Å². The summed E-state index contributed by atoms with van der Waals surface area (Å²) in [5.74, 6) is -0.544. The second kappa shape index (κ2) is 6.24. The number of anilines is 1. The molecule has 0 spiro atoms. The molecule has 0 unspecified atom stereocenters. The molecule has 122 valence electrons. The molecular weight excluding hydrogens is 335 g/mol. The van der Waals surface area contributed by atoms with Crippen molar-refractivity contribution >= 4 is 28.6 Å². The van der Waals surface area contributed by atoms with E-state index in [2.05, 4.69) is 10.9 Å². The Balaban J connectivity index is 2.19. The number of nitro groups is 1. The van der Waals surface area contributed by atoms with Crippen LogP contribution >= 0.6 is 11.3 Å². The average Bonchev–Trinajstić information content (AvgIpc) is 2.90. The van der Waals surface area contributed by atoms with Crippen LogP contribution in [-0.4, -0.2) is 10.8 Å². The number of hydrogen-bond acceptors (Lipinski definition) is 5. The van der Waals surface area contributed by atoms with Gasteiger partial charge < -0.3 is 0 Å². The topological polar surface area (TPSA) is 84.3 Å². The van der Waals surface area contributed by atoms with Crippen molar-refractivity contribution in [1.29, 1.82) is 0 Å². The van der Waals surface area contributed by atoms with Crippen LogP contribution < -0.4 is 10.9 Å². The second-order valence-corrected chi connectivity index (χ2v) is 5.76. The molecule has 0 saturated carbocycles. The van der Waals surface area contributed by atoms with Gasteiger partial charge in [0.1, 0.15) is 5.69 Å². The predicted molar refractivity (Wildman–Crippen MR) is 78.2 cm³/mol. The second-order valence-electron chi connectivity index (χ2n) is 4.48. The predicted octanol–water partition coefficient (Wildman–Crippen LogP) is 3.74. The first kappa shape index (κ1) is 16.7. The number of benzene rings is 1. The maximum absolute atomic E-state index is 12.6. The van der Waals surface area contributed by atoms with E-state index >= 15 is 0 Å². The van der Waals surface area contributed by atoms with Gasteiger partial charge in [-0.05, 0) is 31.2 Å². The Morgan fingerprint density at radius 3 is 2.48 bits per heavy atom. The molecule has 0 aliphatic carbocycles. The van der Waals surface area contributed by atoms with Gasteiger partial charge in [0.2, 0.25) is 0 Å². The molecule has 1 heterocycles. The summed E-state index contributed by atoms with van der Waals surface area (Å²) in [5, 5.41) is 10.9. The lowest BCUT2D eigenvalue weighted by molar-refractivity contribution is -0.384. The first-order valence-electron chi connectivity index (χ1n) is 6.17. The molecule has 6 nitrogen and oxygen atoms in total. The zero-order valence-electron chi connectivity index (χ0n) is 11.6. The van der Waals surface area contributed by atoms with E-state index in [1.54, 1.807) is 19.1 Å². The fourth-order valence-electron chi connectivity index (χ4n) is 1.71. The van der Waals surface area contributed by atoms with Crippen LogP contribution in [0.2, 0.25) is 0 Å². The van der Waals surface area contributed by atoms with Crippen molar-refractivity contribution in [3.63, 3.8) is 0 Å². The Morgan fingerprint density at radius 1 is 1.26 bits per heavy atom. The van der Waals surface area contributed by atoms with Crippen molar-refractivity contribution in [3.05, 3.63) is 55.8 Å². The summed E-state index contributed by atoms with van der Waals surface area (Å²) in [4.78, 5) is 23.0. The Labute approximate surface area is 132 Å². The largest absolute Gasteiger partial charge is 0.416 e. The summed E-state index contributed by atoms with van der Waals surface area (Å²) >= 11 is 1.21. The van der Waals surface area contributed by atoms with Gasteiger partial charge in [0, 0.05) is 10.9 Å². The van der Waals surface area contributed by atoms with Gasteiger partial charge in [-0.2, -0.15) is 13.2 Å². The number of nitrogens with one attached hydrogen (secondary N) is 2. The lowest BCUT2D eigenvalue weighted by atomic mass is 10.1. The third kappa shape index (κ3) is 3.97. The van der Waals surface area contributed by atoms with E-state index in [0.717, 1.165) is 10.9 Å². The van der Waals surface area contributed by atoms with Crippen LogP contribution in [0.1, 0.15) is 20.1 Å². The lowest BCUT2D eigenvalue weighted by Gasteiger charge is -2.11. The van der Waals surface area contributed by atoms with Gasteiger partial charge in [0.15, 0.2) is 0 Å². The van der Waals surface area contributed by atoms with Crippen molar-refractivity contribution < 1.29 is 22.9 Å². The Bertz CT molecular complexity index is 758. The molecule has 23 heavy (non-hydrogen) atoms. The Hall–Kier alpha value is -2.62. The molecule has 2 aromatic rings. The molecule has 0 saturated heterocycles. The molecule has 1 amide bonds. The monoisotopic (exact) mass is 345 g/mol. The summed E-state index contributed by atoms with van der Waals surface area (Å²) < 4.78 is 37.8. The Kier molecular flexibility index (Phi) is 4.55. The standard InChI is InChI=1S/C13H10F3N3O3S/c1-7-2-5-11(23-7)12(20)18-17-9-4-3-8(13(14,15)16)6-10(9)19(21)22/h2-6,17H,1H3,(H,18,20). The van der Waals surface area contributed by atoms with Crippen molar-refractivity contribution in [2.24, 2.45) is 0 Å². The molecule has 1 aromatic carbocycles. The van der Waals surface area contributed by atoms with E-state index in [0.29, 0.717) is 17.0 Å². The molecule has 1 aromatic heterocycles. The first-order chi connectivity index (χ1) is 10.7. The summed E-state index contributed by atoms with van der Waals surface area (Å²) in [5.41, 5.74) is 2.32. The minimum absolute atomic E-state index is 0.246. The number of carbonyl (C=O) groups is 1. The zero-order valence-corrected chi connectivity index (χ0v) is 12.4. The highest BCUT2D eigenvalue weighted by molar-refractivity contribution is 7.13. The summed E-state index contributed by atoms with van der Waals surface area (Å²) in [7, 11) is 0. The SMILES string of the molecule is Cc1ccc(C(=O)NNc2ccc(C(F)(F)F)cc2[N+](=O)[O-])s1. The summed E-state index contributed by atoms with van der Waals surface area (Å²) in [6.07, 6.45) is -4.69. The minimum atomic E-state index is -4.69. The smallest absolute Gasteiger partial charge is 0.292 e. The van der Waals surface area contributed by atoms with Gasteiger partial charge in [-0.25, -0.2) is 0 Å². The maximum Gasteiger partial charge on any atom is 0.416 e. The number of thiophene rings is 1. The highest BCUT2D eigenvalue weighted by Crippen LogP contribution is 2.34. The van der Waals surface area contributed by atoms with Gasteiger partial charge >= 0.3 is 6.18 Å². The molecule has 0 aliphatic heterocycles. The van der Waals surface area contributed by atoms with E-state index in [1.807, 2.05) is 0 Å². The number of halogens is 3. The fourth-order valence-corrected chi connectivity index (χ4v) is 2.47. The molecule has 0 radical (unpaired) electrons. The third-order valence-corrected chi connectivity index (χ3v) is 3.80. The van der Waals surface area contributed by atoms with Crippen molar-refractivity contribution in [3.8, 4) is 0 Å². The van der Waals surface area contributed by atoms with Gasteiger partial charge in [0.25, 0.3) is 11.6 Å². The van der Waals surface area contributed by atoms with Gasteiger partial charge in [-0.1, -0.05) is 0 Å². The van der Waals surface area contributed by atoms with Crippen LogP contribution in [0.15, 0.2) is 30.3 Å². The molecule has 10 heteroatoms. The lowest BCUT2D eigenvalue weighted by Crippen LogP contribution is -2.29. The number of carbonyl (C=O) groups excluding carboxylic acids is 1. The number of aryl methyl sites for hydroxylation is 1. The van der Waals surface area contributed by atoms with E-state index in [9.17, 15) is 28.1 Å². The van der Waals surface area contributed by atoms with Crippen LogP contribution in [-0.2, 0) is 6.18 Å². The third-order valence-electron chi connectivity index (χ3n) is 2.80. The number of nitro benzene ring substituents is 1. The number of amides is 1. The summed E-state index contributed by atoms with van der Waals surface area (Å²) in [6, 6.07) is 5.28. The number of alkyl halides is 3. The van der Waals surface area contributed by atoms with Gasteiger partial charge in [-0.3, -0.25) is 25.8 Å². The molecule has 2 rings (SSSR count). The van der Waals surface area contributed by atoms with Crippen LogP contribution in [0.4, 0.5) is 24.5 Å². The van der Waals surface area contributed by atoms with Crippen LogP contribution in [0, 0.1) is 17.0 Å². The normalized spacial score (nSPS) is 11.1. The van der Waals surface area contributed by atoms with E-state index < -0.39 is 28.3 Å². The highest BCUT2D eigenvalue weighted by atomic mass is 32.1. The molecule has 0 atom stereocenters. The first-order valence-corrected chi connectivity index (χ1v) is 6.98. The minimum Gasteiger partial charge on any atom is -0.292 e. The number of hydrogen-bond donors (Lipinski definition) is 2. The van der Waals surface area contributed by atoms with Crippen LogP contribution in [0.25, 0.3) is 0 Å². The van der Waals surface area contributed by atoms with Gasteiger partial charge in [-0.15, -0.1) is 11.3 Å². The zero-order chi connectivity index (χ0) is 17.2. The summed E-state index contributed by atoms with van der Waals surface area (Å²) in [6.45, 7) is 1.80. The molecule has 0 fully saturated rings. The number of rotatable bonds is 4. The Morgan fingerprint density at radius 2 is 1.96 bits per heavy atom. The van der Waals surface area contributed by atoms with Crippen molar-refractivity contribution in [2.45, 2.75) is 13.1 Å². The van der Waals surface area contributed by atoms with E-state index in [1.165, 1.54) is 11.3 Å². The van der Waals surface area contributed by atoms with E-state index in [4.69, 9.17) is 0 Å². The van der Waals surface area contributed by atoms with Crippen LogP contribution in [0.3, 0.4) is 0 Å². The fraction of sp³-hybridized carbons (Fsp3) is 0.154. The van der Waals surface area contributed by atoms with Crippen LogP contribution in [0.5, 0.6) is 0 Å². The molecular formula is C13H10F3N3O3S. The number of hydrazine groups is 1. The molecule has 0 bridgehead atoms. The van der Waals surface area contributed by atoms with E-state index in [-0.39, 0.29) is 5.69 Å². The molecule has 2 N–H and O–H groups in total.